The van der Waals surface area contributed by atoms with Crippen LogP contribution in [0.15, 0.2) is 48.7 Å². The molecule has 0 radical (unpaired) electrons. The Hall–Kier alpha value is -3.14. The van der Waals surface area contributed by atoms with Crippen molar-refractivity contribution < 1.29 is 29.2 Å². The lowest BCUT2D eigenvalue weighted by molar-refractivity contribution is -0.0261. The molecular formula is C22H24FN3O5. The SMILES string of the molecule is COc1ccc(C(F)c2cc(C(=O)N[C@H]3CCOC[C@@H]3O)nc3ccccc23)cn1.O. The first-order chi connectivity index (χ1) is 14.6. The summed E-state index contributed by atoms with van der Waals surface area (Å²) in [5.74, 6) is -0.0753. The van der Waals surface area contributed by atoms with Gasteiger partial charge in [-0.25, -0.2) is 14.4 Å². The maximum Gasteiger partial charge on any atom is 0.270 e. The minimum absolute atomic E-state index is 0. The number of carbonyl (C=O) groups excluding carboxylic acids is 1. The molecule has 3 atom stereocenters. The molecule has 0 spiro atoms. The second-order valence-corrected chi connectivity index (χ2v) is 7.12. The van der Waals surface area contributed by atoms with E-state index in [0.29, 0.717) is 40.9 Å². The lowest BCUT2D eigenvalue weighted by Gasteiger charge is -2.28. The Kier molecular flexibility index (Phi) is 7.11. The molecule has 1 fully saturated rings. The van der Waals surface area contributed by atoms with Gasteiger partial charge in [-0.3, -0.25) is 4.79 Å². The van der Waals surface area contributed by atoms with E-state index in [0.717, 1.165) is 0 Å². The molecule has 0 saturated carbocycles. The number of para-hydroxylation sites is 1. The number of nitrogens with one attached hydrogen (secondary N) is 1. The number of hydrogen-bond donors (Lipinski definition) is 2. The highest BCUT2D eigenvalue weighted by atomic mass is 19.1. The highest BCUT2D eigenvalue weighted by molar-refractivity contribution is 5.96. The number of halogens is 1. The number of rotatable bonds is 5. The zero-order chi connectivity index (χ0) is 21.1. The summed E-state index contributed by atoms with van der Waals surface area (Å²) in [5, 5.41) is 13.4. The van der Waals surface area contributed by atoms with Crippen molar-refractivity contribution in [2.45, 2.75) is 24.7 Å². The first-order valence-electron chi connectivity index (χ1n) is 9.67. The van der Waals surface area contributed by atoms with Crippen molar-refractivity contribution in [1.29, 1.82) is 0 Å². The molecule has 3 aromatic rings. The Labute approximate surface area is 178 Å². The predicted octanol–water partition coefficient (Wildman–Crippen LogP) is 1.75. The van der Waals surface area contributed by atoms with Gasteiger partial charge < -0.3 is 25.4 Å². The van der Waals surface area contributed by atoms with E-state index in [-0.39, 0.29) is 17.8 Å². The van der Waals surface area contributed by atoms with Gasteiger partial charge in [0.05, 0.1) is 31.4 Å². The van der Waals surface area contributed by atoms with Gasteiger partial charge >= 0.3 is 0 Å². The van der Waals surface area contributed by atoms with Gasteiger partial charge in [-0.1, -0.05) is 18.2 Å². The molecule has 0 aliphatic carbocycles. The van der Waals surface area contributed by atoms with Gasteiger partial charge in [0.15, 0.2) is 6.17 Å². The van der Waals surface area contributed by atoms with Crippen LogP contribution >= 0.6 is 0 Å². The number of benzene rings is 1. The average molecular weight is 429 g/mol. The van der Waals surface area contributed by atoms with Crippen molar-refractivity contribution in [2.24, 2.45) is 0 Å². The van der Waals surface area contributed by atoms with Crippen LogP contribution < -0.4 is 10.1 Å². The van der Waals surface area contributed by atoms with Crippen LogP contribution in [0.2, 0.25) is 0 Å². The molecule has 1 unspecified atom stereocenters. The van der Waals surface area contributed by atoms with Crippen molar-refractivity contribution in [2.75, 3.05) is 20.3 Å². The molecule has 164 valence electrons. The summed E-state index contributed by atoms with van der Waals surface area (Å²) in [7, 11) is 1.49. The van der Waals surface area contributed by atoms with Crippen molar-refractivity contribution in [1.82, 2.24) is 15.3 Å². The number of carbonyl (C=O) groups is 1. The fourth-order valence-corrected chi connectivity index (χ4v) is 3.50. The maximum absolute atomic E-state index is 15.5. The quantitative estimate of drug-likeness (QED) is 0.637. The number of aliphatic hydroxyl groups excluding tert-OH is 1. The standard InChI is InChI=1S/C22H22FN3O4.H2O/c1-29-20-7-6-13(11-24-20)21(23)15-10-18(25-16-5-3-2-4-14(15)16)22(28)26-17-8-9-30-12-19(17)27;/h2-7,10-11,17,19,21,27H,8-9,12H2,1H3,(H,26,28);1H2/t17-,19-,21?;/m0./s1. The number of aromatic nitrogens is 2. The van der Waals surface area contributed by atoms with Crippen LogP contribution in [0.5, 0.6) is 5.88 Å². The molecule has 0 bridgehead atoms. The summed E-state index contributed by atoms with van der Waals surface area (Å²) >= 11 is 0. The van der Waals surface area contributed by atoms with Crippen molar-refractivity contribution >= 4 is 16.8 Å². The summed E-state index contributed by atoms with van der Waals surface area (Å²) in [6.07, 6.45) is -0.383. The summed E-state index contributed by atoms with van der Waals surface area (Å²) in [6, 6.07) is 11.3. The zero-order valence-corrected chi connectivity index (χ0v) is 16.9. The van der Waals surface area contributed by atoms with Crippen LogP contribution in [0.4, 0.5) is 4.39 Å². The van der Waals surface area contributed by atoms with Gasteiger partial charge in [-0.05, 0) is 24.6 Å². The van der Waals surface area contributed by atoms with E-state index >= 15 is 4.39 Å². The number of methoxy groups -OCH3 is 1. The van der Waals surface area contributed by atoms with Crippen molar-refractivity contribution in [3.05, 3.63) is 65.5 Å². The predicted molar refractivity (Wildman–Crippen MR) is 112 cm³/mol. The van der Waals surface area contributed by atoms with Gasteiger partial charge in [-0.15, -0.1) is 0 Å². The Bertz CT molecular complexity index is 1050. The van der Waals surface area contributed by atoms with Crippen LogP contribution in [0.3, 0.4) is 0 Å². The molecule has 3 heterocycles. The van der Waals surface area contributed by atoms with E-state index < -0.39 is 24.2 Å². The molecule has 8 nitrogen and oxygen atoms in total. The molecule has 4 rings (SSSR count). The maximum atomic E-state index is 15.5. The Morgan fingerprint density at radius 3 is 2.84 bits per heavy atom. The molecule has 1 aliphatic heterocycles. The van der Waals surface area contributed by atoms with E-state index in [9.17, 15) is 9.90 Å². The summed E-state index contributed by atoms with van der Waals surface area (Å²) in [5.41, 5.74) is 1.27. The highest BCUT2D eigenvalue weighted by Gasteiger charge is 2.27. The topological polar surface area (TPSA) is 125 Å². The van der Waals surface area contributed by atoms with Crippen molar-refractivity contribution in [3.8, 4) is 5.88 Å². The number of pyridine rings is 2. The van der Waals surface area contributed by atoms with E-state index in [4.69, 9.17) is 9.47 Å². The van der Waals surface area contributed by atoms with Gasteiger partial charge in [-0.2, -0.15) is 0 Å². The Morgan fingerprint density at radius 1 is 1.32 bits per heavy atom. The molecule has 1 saturated heterocycles. The molecule has 1 aromatic carbocycles. The number of nitrogens with zero attached hydrogens (tertiary/aromatic N) is 2. The molecular weight excluding hydrogens is 405 g/mol. The summed E-state index contributed by atoms with van der Waals surface area (Å²) in [4.78, 5) is 21.3. The third kappa shape index (κ3) is 4.79. The Balaban J connectivity index is 0.00000272. The van der Waals surface area contributed by atoms with E-state index in [1.807, 2.05) is 0 Å². The Morgan fingerprint density at radius 2 is 2.13 bits per heavy atom. The highest BCUT2D eigenvalue weighted by Crippen LogP contribution is 2.32. The second kappa shape index (κ2) is 9.78. The first-order valence-corrected chi connectivity index (χ1v) is 9.67. The second-order valence-electron chi connectivity index (χ2n) is 7.12. The normalized spacial score (nSPS) is 19.3. The van der Waals surface area contributed by atoms with Crippen molar-refractivity contribution in [3.63, 3.8) is 0 Å². The first kappa shape index (κ1) is 22.5. The molecule has 4 N–H and O–H groups in total. The van der Waals surface area contributed by atoms with Crippen LogP contribution in [0.1, 0.15) is 34.2 Å². The number of hydrogen-bond acceptors (Lipinski definition) is 6. The number of amides is 1. The number of ether oxygens (including phenoxy) is 2. The summed E-state index contributed by atoms with van der Waals surface area (Å²) < 4.78 is 25.7. The van der Waals surface area contributed by atoms with E-state index in [2.05, 4.69) is 15.3 Å². The summed E-state index contributed by atoms with van der Waals surface area (Å²) in [6.45, 7) is 0.619. The molecule has 31 heavy (non-hydrogen) atoms. The average Bonchev–Trinajstić information content (AvgIpc) is 2.79. The van der Waals surface area contributed by atoms with Crippen LogP contribution in [0, 0.1) is 0 Å². The zero-order valence-electron chi connectivity index (χ0n) is 16.9. The van der Waals surface area contributed by atoms with E-state index in [1.54, 1.807) is 36.4 Å². The van der Waals surface area contributed by atoms with Gasteiger partial charge in [0.1, 0.15) is 5.69 Å². The number of fused-ring (bicyclic) bond motifs is 1. The van der Waals surface area contributed by atoms with Crippen LogP contribution in [-0.2, 0) is 4.74 Å². The van der Waals surface area contributed by atoms with Crippen LogP contribution in [-0.4, -0.2) is 58.9 Å². The lowest BCUT2D eigenvalue weighted by atomic mass is 9.99. The molecule has 9 heteroatoms. The fourth-order valence-electron chi connectivity index (χ4n) is 3.50. The van der Waals surface area contributed by atoms with E-state index in [1.165, 1.54) is 19.4 Å². The molecule has 2 aromatic heterocycles. The van der Waals surface area contributed by atoms with Gasteiger partial charge in [0.25, 0.3) is 5.91 Å². The fraction of sp³-hybridized carbons (Fsp3) is 0.318. The molecule has 1 aliphatic rings. The van der Waals surface area contributed by atoms with Gasteiger partial charge in [0, 0.05) is 35.4 Å². The largest absolute Gasteiger partial charge is 0.481 e. The number of aliphatic hydroxyl groups is 1. The van der Waals surface area contributed by atoms with Crippen LogP contribution in [0.25, 0.3) is 10.9 Å². The monoisotopic (exact) mass is 429 g/mol. The smallest absolute Gasteiger partial charge is 0.270 e. The minimum atomic E-state index is -1.50. The molecule has 1 amide bonds. The third-order valence-corrected chi connectivity index (χ3v) is 5.16. The third-order valence-electron chi connectivity index (χ3n) is 5.16. The lowest BCUT2D eigenvalue weighted by Crippen LogP contribution is -2.48. The number of alkyl halides is 1. The van der Waals surface area contributed by atoms with Gasteiger partial charge in [0.2, 0.25) is 5.88 Å². The minimum Gasteiger partial charge on any atom is -0.481 e.